The van der Waals surface area contributed by atoms with E-state index in [9.17, 15) is 0 Å². The lowest BCUT2D eigenvalue weighted by Crippen LogP contribution is -2.44. The molecular weight excluding hydrogens is 390 g/mol. The van der Waals surface area contributed by atoms with Gasteiger partial charge in [-0.15, -0.1) is 0 Å². The standard InChI is InChI=1S/C27H30ClNO/c1-21-8-5-14-25(18-21)30-27-15-17-29(20-26(27)23-11-3-2-4-12-23)16-7-10-22-9-6-13-24(28)19-22/h2-6,8-9,11-14,18-19,26-27H,7,10,15-17,20H2,1H3. The Bertz CT molecular complexity index is 942. The van der Waals surface area contributed by atoms with Crippen molar-refractivity contribution in [2.45, 2.75) is 38.2 Å². The zero-order valence-electron chi connectivity index (χ0n) is 17.6. The van der Waals surface area contributed by atoms with E-state index in [0.717, 1.165) is 49.7 Å². The van der Waals surface area contributed by atoms with Crippen molar-refractivity contribution in [3.8, 4) is 5.75 Å². The van der Waals surface area contributed by atoms with Crippen molar-refractivity contribution in [2.24, 2.45) is 0 Å². The van der Waals surface area contributed by atoms with E-state index >= 15 is 0 Å². The summed E-state index contributed by atoms with van der Waals surface area (Å²) in [4.78, 5) is 2.60. The Labute approximate surface area is 185 Å². The van der Waals surface area contributed by atoms with Crippen LogP contribution in [0, 0.1) is 6.92 Å². The highest BCUT2D eigenvalue weighted by molar-refractivity contribution is 6.30. The molecule has 1 heterocycles. The topological polar surface area (TPSA) is 12.5 Å². The Morgan fingerprint density at radius 2 is 1.80 bits per heavy atom. The smallest absolute Gasteiger partial charge is 0.120 e. The molecule has 3 aromatic carbocycles. The maximum absolute atomic E-state index is 6.50. The molecule has 2 unspecified atom stereocenters. The molecule has 1 aliphatic heterocycles. The van der Waals surface area contributed by atoms with Crippen LogP contribution in [0.1, 0.15) is 35.4 Å². The van der Waals surface area contributed by atoms with Crippen LogP contribution in [0.25, 0.3) is 0 Å². The van der Waals surface area contributed by atoms with E-state index in [1.807, 2.05) is 12.1 Å². The largest absolute Gasteiger partial charge is 0.490 e. The maximum Gasteiger partial charge on any atom is 0.120 e. The zero-order chi connectivity index (χ0) is 20.8. The number of halogens is 1. The quantitative estimate of drug-likeness (QED) is 0.432. The Morgan fingerprint density at radius 1 is 0.967 bits per heavy atom. The first kappa shape index (κ1) is 21.0. The van der Waals surface area contributed by atoms with Gasteiger partial charge in [0.2, 0.25) is 0 Å². The summed E-state index contributed by atoms with van der Waals surface area (Å²) in [6.07, 6.45) is 3.46. The number of rotatable bonds is 7. The fourth-order valence-corrected chi connectivity index (χ4v) is 4.64. The summed E-state index contributed by atoms with van der Waals surface area (Å²) in [6, 6.07) is 27.5. The molecule has 0 aliphatic carbocycles. The van der Waals surface area contributed by atoms with E-state index in [-0.39, 0.29) is 6.10 Å². The van der Waals surface area contributed by atoms with Crippen molar-refractivity contribution in [2.75, 3.05) is 19.6 Å². The molecule has 0 aromatic heterocycles. The van der Waals surface area contributed by atoms with Crippen LogP contribution in [0.2, 0.25) is 5.02 Å². The Hall–Kier alpha value is -2.29. The lowest BCUT2D eigenvalue weighted by atomic mass is 9.87. The van der Waals surface area contributed by atoms with Gasteiger partial charge in [-0.25, -0.2) is 0 Å². The fraction of sp³-hybridized carbons (Fsp3) is 0.333. The molecule has 0 radical (unpaired) electrons. The van der Waals surface area contributed by atoms with Crippen LogP contribution in [0.5, 0.6) is 5.75 Å². The second-order valence-corrected chi connectivity index (χ2v) is 8.75. The zero-order valence-corrected chi connectivity index (χ0v) is 18.4. The highest BCUT2D eigenvalue weighted by Gasteiger charge is 2.31. The normalized spacial score (nSPS) is 19.5. The van der Waals surface area contributed by atoms with E-state index in [2.05, 4.69) is 78.6 Å². The van der Waals surface area contributed by atoms with E-state index in [1.54, 1.807) is 0 Å². The van der Waals surface area contributed by atoms with Crippen molar-refractivity contribution in [3.63, 3.8) is 0 Å². The summed E-state index contributed by atoms with van der Waals surface area (Å²) in [6.45, 7) is 5.34. The van der Waals surface area contributed by atoms with Crippen LogP contribution in [-0.4, -0.2) is 30.6 Å². The minimum Gasteiger partial charge on any atom is -0.490 e. The predicted octanol–water partition coefficient (Wildman–Crippen LogP) is 6.52. The number of aryl methyl sites for hydroxylation is 2. The van der Waals surface area contributed by atoms with Crippen LogP contribution in [-0.2, 0) is 6.42 Å². The Balaban J connectivity index is 1.40. The molecule has 30 heavy (non-hydrogen) atoms. The molecule has 1 fully saturated rings. The SMILES string of the molecule is Cc1cccc(OC2CCN(CCCc3cccc(Cl)c3)CC2c2ccccc2)c1. The molecule has 3 heteroatoms. The molecule has 0 bridgehead atoms. The second kappa shape index (κ2) is 10.1. The Morgan fingerprint density at radius 3 is 2.60 bits per heavy atom. The lowest BCUT2D eigenvalue weighted by Gasteiger charge is -2.39. The first-order chi connectivity index (χ1) is 14.7. The summed E-state index contributed by atoms with van der Waals surface area (Å²) in [7, 11) is 0. The van der Waals surface area contributed by atoms with Gasteiger partial charge in [0.1, 0.15) is 11.9 Å². The lowest BCUT2D eigenvalue weighted by molar-refractivity contribution is 0.0772. The molecule has 156 valence electrons. The predicted molar refractivity (Wildman–Crippen MR) is 126 cm³/mol. The van der Waals surface area contributed by atoms with Gasteiger partial charge in [0.15, 0.2) is 0 Å². The van der Waals surface area contributed by atoms with Crippen molar-refractivity contribution in [1.82, 2.24) is 4.90 Å². The number of piperidine rings is 1. The molecule has 2 atom stereocenters. The highest BCUT2D eigenvalue weighted by atomic mass is 35.5. The number of hydrogen-bond donors (Lipinski definition) is 0. The Kier molecular flexibility index (Phi) is 7.09. The fourth-order valence-electron chi connectivity index (χ4n) is 4.43. The third kappa shape index (κ3) is 5.65. The molecule has 2 nitrogen and oxygen atoms in total. The van der Waals surface area contributed by atoms with Gasteiger partial charge in [-0.1, -0.05) is 66.2 Å². The monoisotopic (exact) mass is 419 g/mol. The summed E-state index contributed by atoms with van der Waals surface area (Å²) >= 11 is 6.13. The first-order valence-electron chi connectivity index (χ1n) is 10.9. The van der Waals surface area contributed by atoms with Gasteiger partial charge >= 0.3 is 0 Å². The molecule has 0 saturated carbocycles. The maximum atomic E-state index is 6.50. The van der Waals surface area contributed by atoms with E-state index < -0.39 is 0 Å². The first-order valence-corrected chi connectivity index (χ1v) is 11.3. The van der Waals surface area contributed by atoms with Crippen LogP contribution in [0.3, 0.4) is 0 Å². The average molecular weight is 420 g/mol. The number of likely N-dealkylation sites (tertiary alicyclic amines) is 1. The van der Waals surface area contributed by atoms with Crippen molar-refractivity contribution < 1.29 is 4.74 Å². The molecule has 3 aromatic rings. The van der Waals surface area contributed by atoms with Crippen molar-refractivity contribution >= 4 is 11.6 Å². The second-order valence-electron chi connectivity index (χ2n) is 8.31. The van der Waals surface area contributed by atoms with Gasteiger partial charge in [-0.3, -0.25) is 0 Å². The average Bonchev–Trinajstić information content (AvgIpc) is 2.75. The number of nitrogens with zero attached hydrogens (tertiary/aromatic N) is 1. The molecule has 1 saturated heterocycles. The molecule has 0 spiro atoms. The molecular formula is C27H30ClNO. The van der Waals surface area contributed by atoms with Crippen LogP contribution in [0.15, 0.2) is 78.9 Å². The number of ether oxygens (including phenoxy) is 1. The summed E-state index contributed by atoms with van der Waals surface area (Å²) < 4.78 is 6.50. The van der Waals surface area contributed by atoms with Crippen LogP contribution < -0.4 is 4.74 Å². The summed E-state index contributed by atoms with van der Waals surface area (Å²) in [5.74, 6) is 1.36. The molecule has 0 N–H and O–H groups in total. The van der Waals surface area contributed by atoms with Crippen LogP contribution in [0.4, 0.5) is 0 Å². The van der Waals surface area contributed by atoms with Gasteiger partial charge in [-0.05, 0) is 73.7 Å². The van der Waals surface area contributed by atoms with E-state index in [4.69, 9.17) is 16.3 Å². The van der Waals surface area contributed by atoms with Gasteiger partial charge in [-0.2, -0.15) is 0 Å². The van der Waals surface area contributed by atoms with Crippen molar-refractivity contribution in [1.29, 1.82) is 0 Å². The minimum atomic E-state index is 0.207. The third-order valence-corrected chi connectivity index (χ3v) is 6.20. The van der Waals surface area contributed by atoms with Gasteiger partial charge < -0.3 is 9.64 Å². The summed E-state index contributed by atoms with van der Waals surface area (Å²) in [5.41, 5.74) is 3.93. The minimum absolute atomic E-state index is 0.207. The van der Waals surface area contributed by atoms with Gasteiger partial charge in [0.25, 0.3) is 0 Å². The number of hydrogen-bond acceptors (Lipinski definition) is 2. The van der Waals surface area contributed by atoms with Gasteiger partial charge in [0, 0.05) is 24.0 Å². The van der Waals surface area contributed by atoms with Gasteiger partial charge in [0.05, 0.1) is 0 Å². The molecule has 1 aliphatic rings. The molecule has 4 rings (SSSR count). The molecule has 0 amide bonds. The van der Waals surface area contributed by atoms with E-state index in [1.165, 1.54) is 16.7 Å². The van der Waals surface area contributed by atoms with E-state index in [0.29, 0.717) is 5.92 Å². The van der Waals surface area contributed by atoms with Crippen LogP contribution >= 0.6 is 11.6 Å². The third-order valence-electron chi connectivity index (χ3n) is 5.97. The summed E-state index contributed by atoms with van der Waals surface area (Å²) in [5, 5.41) is 0.825. The highest BCUT2D eigenvalue weighted by Crippen LogP contribution is 2.31. The number of benzene rings is 3. The van der Waals surface area contributed by atoms with Crippen molar-refractivity contribution in [3.05, 3.63) is 101 Å².